The summed E-state index contributed by atoms with van der Waals surface area (Å²) in [5.74, 6) is 2.99. The smallest absolute Gasteiger partial charge is 0.141 e. The Morgan fingerprint density at radius 3 is 2.82 bits per heavy atom. The van der Waals surface area contributed by atoms with Gasteiger partial charge in [0.1, 0.15) is 5.75 Å². The van der Waals surface area contributed by atoms with Gasteiger partial charge in [-0.3, -0.25) is 0 Å². The number of anilines is 1. The van der Waals surface area contributed by atoms with Crippen molar-refractivity contribution in [2.24, 2.45) is 0 Å². The van der Waals surface area contributed by atoms with Crippen molar-refractivity contribution in [3.05, 3.63) is 24.3 Å². The van der Waals surface area contributed by atoms with E-state index in [0.29, 0.717) is 0 Å². The zero-order valence-corrected chi connectivity index (χ0v) is 11.3. The van der Waals surface area contributed by atoms with Crippen LogP contribution in [-0.4, -0.2) is 36.4 Å². The topological polar surface area (TPSA) is 41.5 Å². The van der Waals surface area contributed by atoms with Gasteiger partial charge < -0.3 is 15.2 Å². The Bertz CT molecular complexity index is 320. The quantitative estimate of drug-likeness (QED) is 0.701. The van der Waals surface area contributed by atoms with Crippen molar-refractivity contribution in [3.8, 4) is 5.75 Å². The Labute approximate surface area is 108 Å². The van der Waals surface area contributed by atoms with E-state index in [1.165, 1.54) is 0 Å². The Kier molecular flexibility index (Phi) is 6.89. The lowest BCUT2D eigenvalue weighted by atomic mass is 10.2. The largest absolute Gasteiger partial charge is 0.495 e. The molecule has 0 aliphatic carbocycles. The minimum atomic E-state index is 0.0883. The molecule has 0 radical (unpaired) electrons. The number of aliphatic hydroxyl groups is 1. The van der Waals surface area contributed by atoms with Gasteiger partial charge in [-0.05, 0) is 30.1 Å². The van der Waals surface area contributed by atoms with E-state index in [4.69, 9.17) is 4.74 Å². The molecule has 0 aromatic heterocycles. The number of aliphatic hydroxyl groups excluding tert-OH is 1. The lowest BCUT2D eigenvalue weighted by Gasteiger charge is -2.19. The molecular formula is C13H21NO2S. The fourth-order valence-corrected chi connectivity index (χ4v) is 2.30. The predicted molar refractivity (Wildman–Crippen MR) is 75.1 cm³/mol. The molecule has 3 nitrogen and oxygen atoms in total. The average molecular weight is 255 g/mol. The SMILES string of the molecule is CCSCCC(CO)Nc1ccccc1OC. The summed E-state index contributed by atoms with van der Waals surface area (Å²) in [5, 5.41) is 12.7. The van der Waals surface area contributed by atoms with E-state index < -0.39 is 0 Å². The van der Waals surface area contributed by atoms with Crippen molar-refractivity contribution < 1.29 is 9.84 Å². The zero-order valence-electron chi connectivity index (χ0n) is 10.5. The summed E-state index contributed by atoms with van der Waals surface area (Å²) >= 11 is 1.89. The monoisotopic (exact) mass is 255 g/mol. The number of rotatable bonds is 8. The molecule has 0 bridgehead atoms. The lowest BCUT2D eigenvalue weighted by Crippen LogP contribution is -2.24. The van der Waals surface area contributed by atoms with Gasteiger partial charge in [0.25, 0.3) is 0 Å². The average Bonchev–Trinajstić information content (AvgIpc) is 2.38. The first-order chi connectivity index (χ1) is 8.31. The maximum absolute atomic E-state index is 9.34. The molecule has 1 atom stereocenters. The summed E-state index contributed by atoms with van der Waals surface area (Å²) in [7, 11) is 1.65. The van der Waals surface area contributed by atoms with Crippen LogP contribution in [0.25, 0.3) is 0 Å². The van der Waals surface area contributed by atoms with Crippen LogP contribution in [0.3, 0.4) is 0 Å². The van der Waals surface area contributed by atoms with Crippen LogP contribution in [0.5, 0.6) is 5.75 Å². The van der Waals surface area contributed by atoms with E-state index in [0.717, 1.165) is 29.4 Å². The molecule has 1 aromatic rings. The predicted octanol–water partition coefficient (Wildman–Crippen LogP) is 2.61. The highest BCUT2D eigenvalue weighted by Gasteiger charge is 2.09. The molecule has 96 valence electrons. The molecule has 0 aliphatic rings. The van der Waals surface area contributed by atoms with Crippen molar-refractivity contribution in [3.63, 3.8) is 0 Å². The van der Waals surface area contributed by atoms with Crippen molar-refractivity contribution in [1.82, 2.24) is 0 Å². The molecule has 0 spiro atoms. The molecular weight excluding hydrogens is 234 g/mol. The molecule has 0 fully saturated rings. The Morgan fingerprint density at radius 1 is 1.41 bits per heavy atom. The van der Waals surface area contributed by atoms with E-state index in [-0.39, 0.29) is 12.6 Å². The van der Waals surface area contributed by atoms with Gasteiger partial charge >= 0.3 is 0 Å². The number of benzene rings is 1. The van der Waals surface area contributed by atoms with E-state index >= 15 is 0 Å². The third kappa shape index (κ3) is 4.88. The molecule has 1 rings (SSSR count). The van der Waals surface area contributed by atoms with Crippen LogP contribution in [0.1, 0.15) is 13.3 Å². The maximum Gasteiger partial charge on any atom is 0.141 e. The molecule has 1 aromatic carbocycles. The third-order valence-electron chi connectivity index (χ3n) is 2.50. The van der Waals surface area contributed by atoms with E-state index in [2.05, 4.69) is 12.2 Å². The number of thioether (sulfide) groups is 1. The summed E-state index contributed by atoms with van der Waals surface area (Å²) in [4.78, 5) is 0. The Hall–Kier alpha value is -0.870. The third-order valence-corrected chi connectivity index (χ3v) is 3.43. The van der Waals surface area contributed by atoms with Gasteiger partial charge in [0, 0.05) is 0 Å². The molecule has 4 heteroatoms. The molecule has 0 saturated heterocycles. The van der Waals surface area contributed by atoms with Gasteiger partial charge in [0.2, 0.25) is 0 Å². The van der Waals surface area contributed by atoms with E-state index in [1.54, 1.807) is 7.11 Å². The number of ether oxygens (including phenoxy) is 1. The first-order valence-corrected chi connectivity index (χ1v) is 7.05. The Balaban J connectivity index is 2.54. The minimum Gasteiger partial charge on any atom is -0.495 e. The molecule has 0 saturated carbocycles. The number of hydrogen-bond acceptors (Lipinski definition) is 4. The van der Waals surface area contributed by atoms with Crippen LogP contribution in [-0.2, 0) is 0 Å². The van der Waals surface area contributed by atoms with Crippen LogP contribution in [0.15, 0.2) is 24.3 Å². The fraction of sp³-hybridized carbons (Fsp3) is 0.538. The maximum atomic E-state index is 9.34. The van der Waals surface area contributed by atoms with Crippen molar-refractivity contribution >= 4 is 17.4 Å². The summed E-state index contributed by atoms with van der Waals surface area (Å²) < 4.78 is 5.27. The first-order valence-electron chi connectivity index (χ1n) is 5.90. The van der Waals surface area contributed by atoms with Gasteiger partial charge in [-0.1, -0.05) is 19.1 Å². The highest BCUT2D eigenvalue weighted by Crippen LogP contribution is 2.24. The van der Waals surface area contributed by atoms with Crippen LogP contribution >= 0.6 is 11.8 Å². The van der Waals surface area contributed by atoms with Crippen molar-refractivity contribution in [1.29, 1.82) is 0 Å². The van der Waals surface area contributed by atoms with Crippen LogP contribution in [0, 0.1) is 0 Å². The van der Waals surface area contributed by atoms with E-state index in [9.17, 15) is 5.11 Å². The highest BCUT2D eigenvalue weighted by molar-refractivity contribution is 7.99. The van der Waals surface area contributed by atoms with Gasteiger partial charge in [0.05, 0.1) is 25.4 Å². The van der Waals surface area contributed by atoms with Gasteiger partial charge in [-0.25, -0.2) is 0 Å². The number of nitrogens with one attached hydrogen (secondary N) is 1. The zero-order chi connectivity index (χ0) is 12.5. The van der Waals surface area contributed by atoms with Crippen molar-refractivity contribution in [2.75, 3.05) is 30.5 Å². The van der Waals surface area contributed by atoms with E-state index in [1.807, 2.05) is 36.0 Å². The van der Waals surface area contributed by atoms with Crippen LogP contribution in [0.2, 0.25) is 0 Å². The minimum absolute atomic E-state index is 0.0883. The number of hydrogen-bond donors (Lipinski definition) is 2. The van der Waals surface area contributed by atoms with Gasteiger partial charge in [0.15, 0.2) is 0 Å². The summed E-state index contributed by atoms with van der Waals surface area (Å²) in [6.45, 7) is 2.29. The second-order valence-electron chi connectivity index (χ2n) is 3.71. The second kappa shape index (κ2) is 8.25. The summed E-state index contributed by atoms with van der Waals surface area (Å²) in [5.41, 5.74) is 0.940. The van der Waals surface area contributed by atoms with Crippen LogP contribution < -0.4 is 10.1 Å². The molecule has 2 N–H and O–H groups in total. The molecule has 1 unspecified atom stereocenters. The number of para-hydroxylation sites is 2. The molecule has 17 heavy (non-hydrogen) atoms. The van der Waals surface area contributed by atoms with Crippen molar-refractivity contribution in [2.45, 2.75) is 19.4 Å². The number of methoxy groups -OCH3 is 1. The lowest BCUT2D eigenvalue weighted by molar-refractivity contribution is 0.272. The Morgan fingerprint density at radius 2 is 2.18 bits per heavy atom. The molecule has 0 amide bonds. The standard InChI is InChI=1S/C13H21NO2S/c1-3-17-9-8-11(10-15)14-12-6-4-5-7-13(12)16-2/h4-7,11,14-15H,3,8-10H2,1-2H3. The van der Waals surface area contributed by atoms with Crippen LogP contribution in [0.4, 0.5) is 5.69 Å². The molecule has 0 heterocycles. The van der Waals surface area contributed by atoms with Gasteiger partial charge in [-0.15, -0.1) is 0 Å². The molecule has 0 aliphatic heterocycles. The first kappa shape index (κ1) is 14.2. The summed E-state index contributed by atoms with van der Waals surface area (Å²) in [6.07, 6.45) is 0.951. The van der Waals surface area contributed by atoms with Gasteiger partial charge in [-0.2, -0.15) is 11.8 Å². The second-order valence-corrected chi connectivity index (χ2v) is 5.10. The highest BCUT2D eigenvalue weighted by atomic mass is 32.2. The normalized spacial score (nSPS) is 12.2. The fourth-order valence-electron chi connectivity index (χ4n) is 1.56. The summed E-state index contributed by atoms with van der Waals surface area (Å²) in [6, 6.07) is 7.86.